The van der Waals surface area contributed by atoms with Crippen molar-refractivity contribution in [2.75, 3.05) is 0 Å². The zero-order valence-corrected chi connectivity index (χ0v) is 34.4. The standard InChI is InChI=1S/C58H35N5O/c59-36-37-12-9-15-43(34-37)40-26-30-42(31-27-40)56-60-57(62-58(61-56)49-20-10-22-51-54(49)47-18-7-8-21-50(47)63(51)45-16-5-2-6-17-45)44-32-33-48-53(35-44)64-52-23-11-19-46(55(48)52)41-28-24-39(25-29-41)38-13-3-1-4-14-38/h1-35H. The number of nitrogens with zero attached hydrogens (tertiary/aromatic N) is 5. The van der Waals surface area contributed by atoms with E-state index in [4.69, 9.17) is 19.4 Å². The molecule has 12 rings (SSSR count). The molecule has 0 aliphatic heterocycles. The van der Waals surface area contributed by atoms with Gasteiger partial charge in [-0.3, -0.25) is 0 Å². The molecule has 0 atom stereocenters. The number of hydrogen-bond acceptors (Lipinski definition) is 5. The van der Waals surface area contributed by atoms with E-state index in [2.05, 4.69) is 162 Å². The fourth-order valence-corrected chi connectivity index (χ4v) is 9.07. The van der Waals surface area contributed by atoms with Gasteiger partial charge in [0, 0.05) is 43.9 Å². The summed E-state index contributed by atoms with van der Waals surface area (Å²) in [4.78, 5) is 15.7. The highest BCUT2D eigenvalue weighted by molar-refractivity contribution is 6.16. The molecule has 0 aliphatic rings. The Labute approximate surface area is 368 Å². The topological polar surface area (TPSA) is 80.5 Å². The zero-order valence-electron chi connectivity index (χ0n) is 34.4. The van der Waals surface area contributed by atoms with Crippen molar-refractivity contribution in [1.82, 2.24) is 19.5 Å². The third-order valence-corrected chi connectivity index (χ3v) is 12.1. The van der Waals surface area contributed by atoms with Gasteiger partial charge in [0.1, 0.15) is 11.2 Å². The summed E-state index contributed by atoms with van der Waals surface area (Å²) < 4.78 is 8.93. The van der Waals surface area contributed by atoms with Crippen LogP contribution in [0.1, 0.15) is 5.56 Å². The lowest BCUT2D eigenvalue weighted by molar-refractivity contribution is 0.669. The van der Waals surface area contributed by atoms with Crippen LogP contribution in [0.3, 0.4) is 0 Å². The molecule has 0 N–H and O–H groups in total. The number of furan rings is 1. The summed E-state index contributed by atoms with van der Waals surface area (Å²) in [5, 5.41) is 13.8. The molecule has 0 bridgehead atoms. The highest BCUT2D eigenvalue weighted by atomic mass is 16.3. The molecule has 6 nitrogen and oxygen atoms in total. The van der Waals surface area contributed by atoms with Crippen LogP contribution in [0, 0.1) is 11.3 Å². The first-order chi connectivity index (χ1) is 31.7. The van der Waals surface area contributed by atoms with Gasteiger partial charge in [0.25, 0.3) is 0 Å². The van der Waals surface area contributed by atoms with Crippen molar-refractivity contribution in [3.05, 3.63) is 218 Å². The van der Waals surface area contributed by atoms with Crippen molar-refractivity contribution in [1.29, 1.82) is 5.26 Å². The van der Waals surface area contributed by atoms with Crippen LogP contribution < -0.4 is 0 Å². The monoisotopic (exact) mass is 817 g/mol. The second-order valence-corrected chi connectivity index (χ2v) is 15.9. The van der Waals surface area contributed by atoms with E-state index < -0.39 is 0 Å². The Morgan fingerprint density at radius 3 is 1.75 bits per heavy atom. The third kappa shape index (κ3) is 6.31. The van der Waals surface area contributed by atoms with E-state index in [1.54, 1.807) is 0 Å². The van der Waals surface area contributed by atoms with Crippen molar-refractivity contribution >= 4 is 43.7 Å². The first-order valence-corrected chi connectivity index (χ1v) is 21.2. The van der Waals surface area contributed by atoms with Crippen LogP contribution in [-0.2, 0) is 0 Å². The van der Waals surface area contributed by atoms with Gasteiger partial charge < -0.3 is 8.98 Å². The highest BCUT2D eigenvalue weighted by Gasteiger charge is 2.21. The van der Waals surface area contributed by atoms with Gasteiger partial charge in [0.2, 0.25) is 0 Å². The summed E-state index contributed by atoms with van der Waals surface area (Å²) >= 11 is 0. The average molecular weight is 818 g/mol. The van der Waals surface area contributed by atoms with E-state index in [0.29, 0.717) is 23.0 Å². The summed E-state index contributed by atoms with van der Waals surface area (Å²) in [6.07, 6.45) is 0. The maximum Gasteiger partial charge on any atom is 0.164 e. The highest BCUT2D eigenvalue weighted by Crippen LogP contribution is 2.41. The van der Waals surface area contributed by atoms with E-state index in [9.17, 15) is 5.26 Å². The lowest BCUT2D eigenvalue weighted by Crippen LogP contribution is -2.00. The Balaban J connectivity index is 1.02. The van der Waals surface area contributed by atoms with Crippen molar-refractivity contribution in [3.8, 4) is 79.3 Å². The molecule has 3 heterocycles. The summed E-state index contributed by atoms with van der Waals surface area (Å²) in [6.45, 7) is 0. The maximum atomic E-state index is 9.54. The molecule has 0 unspecified atom stereocenters. The van der Waals surface area contributed by atoms with Crippen LogP contribution in [0.25, 0.3) is 117 Å². The normalized spacial score (nSPS) is 11.4. The second-order valence-electron chi connectivity index (χ2n) is 15.9. The lowest BCUT2D eigenvalue weighted by Gasteiger charge is -2.11. The van der Waals surface area contributed by atoms with Gasteiger partial charge in [-0.05, 0) is 88.0 Å². The Bertz CT molecular complexity index is 3770. The Morgan fingerprint density at radius 2 is 0.953 bits per heavy atom. The average Bonchev–Trinajstić information content (AvgIpc) is 3.93. The van der Waals surface area contributed by atoms with E-state index in [0.717, 1.165) is 88.4 Å². The maximum absolute atomic E-state index is 9.54. The minimum absolute atomic E-state index is 0.536. The molecule has 9 aromatic carbocycles. The van der Waals surface area contributed by atoms with Gasteiger partial charge in [-0.15, -0.1) is 0 Å². The number of benzene rings is 9. The number of para-hydroxylation sites is 2. The molecule has 0 saturated carbocycles. The van der Waals surface area contributed by atoms with Crippen LogP contribution in [0.5, 0.6) is 0 Å². The molecule has 0 spiro atoms. The van der Waals surface area contributed by atoms with Gasteiger partial charge in [-0.25, -0.2) is 15.0 Å². The van der Waals surface area contributed by atoms with Gasteiger partial charge in [0.15, 0.2) is 17.5 Å². The summed E-state index contributed by atoms with van der Waals surface area (Å²) in [5.41, 5.74) is 14.5. The predicted molar refractivity (Wildman–Crippen MR) is 259 cm³/mol. The fraction of sp³-hybridized carbons (Fsp3) is 0. The summed E-state index contributed by atoms with van der Waals surface area (Å²) in [6, 6.07) is 75.0. The van der Waals surface area contributed by atoms with Crippen molar-refractivity contribution in [3.63, 3.8) is 0 Å². The summed E-state index contributed by atoms with van der Waals surface area (Å²) in [5.74, 6) is 1.65. The van der Waals surface area contributed by atoms with Crippen LogP contribution in [-0.4, -0.2) is 19.5 Å². The molecule has 0 aliphatic carbocycles. The van der Waals surface area contributed by atoms with Crippen LogP contribution >= 0.6 is 0 Å². The van der Waals surface area contributed by atoms with Crippen molar-refractivity contribution in [2.24, 2.45) is 0 Å². The minimum atomic E-state index is 0.536. The van der Waals surface area contributed by atoms with Crippen LogP contribution in [0.15, 0.2) is 217 Å². The molecule has 12 aromatic rings. The molecule has 0 radical (unpaired) electrons. The third-order valence-electron chi connectivity index (χ3n) is 12.1. The van der Waals surface area contributed by atoms with Gasteiger partial charge >= 0.3 is 0 Å². The van der Waals surface area contributed by atoms with Crippen molar-refractivity contribution in [2.45, 2.75) is 0 Å². The quantitative estimate of drug-likeness (QED) is 0.160. The SMILES string of the molecule is N#Cc1cccc(-c2ccc(-c3nc(-c4ccc5c(c4)oc4cccc(-c6ccc(-c7ccccc7)cc6)c45)nc(-c4cccc5c4c4ccccc4n5-c4ccccc4)n3)cc2)c1. The smallest absolute Gasteiger partial charge is 0.164 e. The number of nitriles is 1. The largest absolute Gasteiger partial charge is 0.456 e. The van der Waals surface area contributed by atoms with E-state index in [-0.39, 0.29) is 0 Å². The molecular formula is C58H35N5O. The Kier molecular flexibility index (Phi) is 8.77. The Hall–Kier alpha value is -8.92. The fourth-order valence-electron chi connectivity index (χ4n) is 9.07. The molecule has 298 valence electrons. The predicted octanol–water partition coefficient (Wildman–Crippen LogP) is 14.7. The van der Waals surface area contributed by atoms with Crippen LogP contribution in [0.4, 0.5) is 0 Å². The molecule has 6 heteroatoms. The van der Waals surface area contributed by atoms with Gasteiger partial charge in [-0.2, -0.15) is 5.26 Å². The van der Waals surface area contributed by atoms with E-state index in [1.807, 2.05) is 60.7 Å². The van der Waals surface area contributed by atoms with Gasteiger partial charge in [0.05, 0.1) is 22.7 Å². The number of rotatable bonds is 7. The zero-order chi connectivity index (χ0) is 42.6. The van der Waals surface area contributed by atoms with Crippen molar-refractivity contribution < 1.29 is 4.42 Å². The van der Waals surface area contributed by atoms with Crippen LogP contribution in [0.2, 0.25) is 0 Å². The molecular weight excluding hydrogens is 783 g/mol. The molecule has 0 fully saturated rings. The minimum Gasteiger partial charge on any atom is -0.456 e. The summed E-state index contributed by atoms with van der Waals surface area (Å²) in [7, 11) is 0. The first-order valence-electron chi connectivity index (χ1n) is 21.2. The van der Waals surface area contributed by atoms with E-state index in [1.165, 1.54) is 11.1 Å². The second kappa shape index (κ2) is 15.2. The number of fused-ring (bicyclic) bond motifs is 6. The molecule has 64 heavy (non-hydrogen) atoms. The van der Waals surface area contributed by atoms with E-state index >= 15 is 0 Å². The number of aromatic nitrogens is 4. The molecule has 0 saturated heterocycles. The lowest BCUT2D eigenvalue weighted by atomic mass is 9.96. The molecule has 3 aromatic heterocycles. The number of hydrogen-bond donors (Lipinski definition) is 0. The molecule has 0 amide bonds. The first kappa shape index (κ1) is 36.9. The Morgan fingerprint density at radius 1 is 0.375 bits per heavy atom. The van der Waals surface area contributed by atoms with Gasteiger partial charge in [-0.1, -0.05) is 158 Å².